The maximum atomic E-state index is 12.1. The Hall–Kier alpha value is -0.740. The SMILES string of the molecule is CC1(C)OC2[C@H](O[C@@H](COC(=O)c3ccccc3I)[C@H]2O)O1. The molecule has 7 heteroatoms. The molecule has 0 aromatic heterocycles. The van der Waals surface area contributed by atoms with E-state index in [1.807, 2.05) is 12.1 Å². The van der Waals surface area contributed by atoms with E-state index in [9.17, 15) is 9.90 Å². The van der Waals surface area contributed by atoms with Crippen molar-refractivity contribution < 1.29 is 28.8 Å². The van der Waals surface area contributed by atoms with Gasteiger partial charge in [-0.3, -0.25) is 0 Å². The van der Waals surface area contributed by atoms with E-state index < -0.39 is 36.4 Å². The van der Waals surface area contributed by atoms with Crippen LogP contribution in [0.5, 0.6) is 0 Å². The molecule has 6 nitrogen and oxygen atoms in total. The molecule has 0 amide bonds. The number of esters is 1. The van der Waals surface area contributed by atoms with Crippen molar-refractivity contribution in [3.05, 3.63) is 33.4 Å². The highest BCUT2D eigenvalue weighted by atomic mass is 127. The van der Waals surface area contributed by atoms with Gasteiger partial charge in [-0.2, -0.15) is 0 Å². The van der Waals surface area contributed by atoms with Gasteiger partial charge in [0.25, 0.3) is 0 Å². The molecule has 0 aliphatic carbocycles. The first kappa shape index (κ1) is 16.1. The number of carbonyl (C=O) groups excluding carboxylic acids is 1. The molecule has 4 atom stereocenters. The van der Waals surface area contributed by atoms with Gasteiger partial charge in [-0.1, -0.05) is 12.1 Å². The molecule has 2 aliphatic rings. The zero-order valence-electron chi connectivity index (χ0n) is 12.2. The monoisotopic (exact) mass is 420 g/mol. The van der Waals surface area contributed by atoms with Crippen molar-refractivity contribution in [3.8, 4) is 0 Å². The molecular formula is C15H17IO6. The normalized spacial score (nSPS) is 32.7. The van der Waals surface area contributed by atoms with Crippen LogP contribution < -0.4 is 0 Å². The molecule has 1 aromatic carbocycles. The van der Waals surface area contributed by atoms with Crippen molar-refractivity contribution in [3.63, 3.8) is 0 Å². The lowest BCUT2D eigenvalue weighted by molar-refractivity contribution is -0.218. The van der Waals surface area contributed by atoms with Crippen LogP contribution in [0.4, 0.5) is 0 Å². The number of halogens is 1. The van der Waals surface area contributed by atoms with Gasteiger partial charge in [-0.05, 0) is 48.6 Å². The number of hydrogen-bond donors (Lipinski definition) is 1. The molecule has 0 saturated carbocycles. The lowest BCUT2D eigenvalue weighted by atomic mass is 10.1. The molecule has 120 valence electrons. The Morgan fingerprint density at radius 3 is 2.77 bits per heavy atom. The minimum Gasteiger partial charge on any atom is -0.459 e. The highest BCUT2D eigenvalue weighted by Crippen LogP contribution is 2.37. The van der Waals surface area contributed by atoms with Crippen molar-refractivity contribution in [2.24, 2.45) is 0 Å². The molecular weight excluding hydrogens is 403 g/mol. The highest BCUT2D eigenvalue weighted by Gasteiger charge is 2.54. The van der Waals surface area contributed by atoms with Crippen molar-refractivity contribution in [2.75, 3.05) is 6.61 Å². The van der Waals surface area contributed by atoms with Crippen LogP contribution in [-0.2, 0) is 18.9 Å². The van der Waals surface area contributed by atoms with Gasteiger partial charge in [-0.15, -0.1) is 0 Å². The van der Waals surface area contributed by atoms with Gasteiger partial charge in [-0.25, -0.2) is 4.79 Å². The molecule has 0 radical (unpaired) electrons. The van der Waals surface area contributed by atoms with Crippen LogP contribution in [0, 0.1) is 3.57 Å². The fourth-order valence-corrected chi connectivity index (χ4v) is 3.17. The maximum Gasteiger partial charge on any atom is 0.339 e. The highest BCUT2D eigenvalue weighted by molar-refractivity contribution is 14.1. The lowest BCUT2D eigenvalue weighted by Gasteiger charge is -2.22. The predicted molar refractivity (Wildman–Crippen MR) is 84.1 cm³/mol. The zero-order chi connectivity index (χ0) is 15.9. The number of ether oxygens (including phenoxy) is 4. The van der Waals surface area contributed by atoms with E-state index in [0.717, 1.165) is 3.57 Å². The van der Waals surface area contributed by atoms with Crippen molar-refractivity contribution in [1.29, 1.82) is 0 Å². The van der Waals surface area contributed by atoms with E-state index in [1.54, 1.807) is 26.0 Å². The third-order valence-corrected chi connectivity index (χ3v) is 4.53. The Balaban J connectivity index is 1.58. The van der Waals surface area contributed by atoms with E-state index in [1.165, 1.54) is 0 Å². The van der Waals surface area contributed by atoms with Gasteiger partial charge in [0.2, 0.25) is 0 Å². The van der Waals surface area contributed by atoms with Crippen molar-refractivity contribution >= 4 is 28.6 Å². The molecule has 0 bridgehead atoms. The second kappa shape index (κ2) is 6.04. The predicted octanol–water partition coefficient (Wildman–Crippen LogP) is 1.69. The van der Waals surface area contributed by atoms with Crippen LogP contribution in [0.2, 0.25) is 0 Å². The van der Waals surface area contributed by atoms with E-state index in [2.05, 4.69) is 22.6 Å². The summed E-state index contributed by atoms with van der Waals surface area (Å²) in [7, 11) is 0. The average molecular weight is 420 g/mol. The molecule has 1 N–H and O–H groups in total. The number of carbonyl (C=O) groups is 1. The molecule has 2 saturated heterocycles. The third-order valence-electron chi connectivity index (χ3n) is 3.59. The van der Waals surface area contributed by atoms with Crippen molar-refractivity contribution in [1.82, 2.24) is 0 Å². The van der Waals surface area contributed by atoms with Gasteiger partial charge in [0.15, 0.2) is 12.1 Å². The largest absolute Gasteiger partial charge is 0.459 e. The van der Waals surface area contributed by atoms with Gasteiger partial charge >= 0.3 is 5.97 Å². The topological polar surface area (TPSA) is 74.2 Å². The smallest absolute Gasteiger partial charge is 0.339 e. The summed E-state index contributed by atoms with van der Waals surface area (Å²) < 4.78 is 22.7. The third kappa shape index (κ3) is 3.13. The molecule has 2 aliphatic heterocycles. The molecule has 2 fully saturated rings. The van der Waals surface area contributed by atoms with E-state index >= 15 is 0 Å². The van der Waals surface area contributed by atoms with Crippen LogP contribution in [0.25, 0.3) is 0 Å². The summed E-state index contributed by atoms with van der Waals surface area (Å²) in [5.74, 6) is -1.22. The average Bonchev–Trinajstić information content (AvgIpc) is 2.90. The molecule has 1 aromatic rings. The van der Waals surface area contributed by atoms with Crippen molar-refractivity contribution in [2.45, 2.75) is 44.2 Å². The Morgan fingerprint density at radius 1 is 1.36 bits per heavy atom. The number of hydrogen-bond acceptors (Lipinski definition) is 6. The standard InChI is InChI=1S/C15H17IO6/c1-15(2)21-12-11(17)10(20-14(12)22-15)7-19-13(18)8-5-3-4-6-9(8)16/h3-6,10-12,14,17H,7H2,1-2H3/t10-,11+,12?,14+/m0/s1. The van der Waals surface area contributed by atoms with Crippen LogP contribution >= 0.6 is 22.6 Å². The summed E-state index contributed by atoms with van der Waals surface area (Å²) in [6.07, 6.45) is -2.74. The number of aliphatic hydroxyl groups is 1. The van der Waals surface area contributed by atoms with Crippen LogP contribution in [0.1, 0.15) is 24.2 Å². The summed E-state index contributed by atoms with van der Waals surface area (Å²) >= 11 is 2.07. The second-order valence-electron chi connectivity index (χ2n) is 5.71. The first-order chi connectivity index (χ1) is 10.4. The summed E-state index contributed by atoms with van der Waals surface area (Å²) in [5, 5.41) is 10.2. The van der Waals surface area contributed by atoms with E-state index in [-0.39, 0.29) is 6.61 Å². The quantitative estimate of drug-likeness (QED) is 0.593. The Bertz CT molecular complexity index is 575. The number of fused-ring (bicyclic) bond motifs is 1. The Labute approximate surface area is 141 Å². The molecule has 0 spiro atoms. The summed E-state index contributed by atoms with van der Waals surface area (Å²) in [4.78, 5) is 12.1. The van der Waals surface area contributed by atoms with E-state index in [4.69, 9.17) is 18.9 Å². The van der Waals surface area contributed by atoms with E-state index in [0.29, 0.717) is 5.56 Å². The minimum absolute atomic E-state index is 0.0505. The summed E-state index contributed by atoms with van der Waals surface area (Å²) in [6.45, 7) is 3.46. The van der Waals surface area contributed by atoms with Crippen LogP contribution in [0.15, 0.2) is 24.3 Å². The van der Waals surface area contributed by atoms with Crippen LogP contribution in [0.3, 0.4) is 0 Å². The Morgan fingerprint density at radius 2 is 2.09 bits per heavy atom. The van der Waals surface area contributed by atoms with Gasteiger partial charge in [0.05, 0.1) is 5.56 Å². The molecule has 1 unspecified atom stereocenters. The Kier molecular flexibility index (Phi) is 4.43. The fourth-order valence-electron chi connectivity index (χ4n) is 2.56. The number of rotatable bonds is 3. The zero-order valence-corrected chi connectivity index (χ0v) is 14.3. The van der Waals surface area contributed by atoms with Gasteiger partial charge in [0, 0.05) is 3.57 Å². The van der Waals surface area contributed by atoms with Gasteiger partial charge < -0.3 is 24.1 Å². The molecule has 22 heavy (non-hydrogen) atoms. The maximum absolute atomic E-state index is 12.1. The minimum atomic E-state index is -0.894. The number of benzene rings is 1. The number of aliphatic hydroxyl groups excluding tert-OH is 1. The lowest BCUT2D eigenvalue weighted by Crippen LogP contribution is -2.37. The fraction of sp³-hybridized carbons (Fsp3) is 0.533. The molecule has 3 rings (SSSR count). The summed E-state index contributed by atoms with van der Waals surface area (Å²) in [5.41, 5.74) is 0.490. The second-order valence-corrected chi connectivity index (χ2v) is 6.87. The van der Waals surface area contributed by atoms with Crippen LogP contribution in [-0.4, -0.2) is 48.1 Å². The van der Waals surface area contributed by atoms with Gasteiger partial charge in [0.1, 0.15) is 24.9 Å². The summed E-state index contributed by atoms with van der Waals surface area (Å²) in [6, 6.07) is 7.14. The first-order valence-electron chi connectivity index (χ1n) is 6.98. The first-order valence-corrected chi connectivity index (χ1v) is 8.06. The molecule has 2 heterocycles.